The van der Waals surface area contributed by atoms with Gasteiger partial charge in [0.1, 0.15) is 0 Å². The third-order valence-electron chi connectivity index (χ3n) is 1.71. The molecule has 0 fully saturated rings. The molecule has 2 heteroatoms. The summed E-state index contributed by atoms with van der Waals surface area (Å²) >= 11 is 1.84. The lowest BCUT2D eigenvalue weighted by molar-refractivity contribution is 0.892. The van der Waals surface area contributed by atoms with Crippen LogP contribution in [0.5, 0.6) is 0 Å². The number of hydrogen-bond acceptors (Lipinski definition) is 2. The first kappa shape index (κ1) is 8.60. The Labute approximate surface area is 72.2 Å². The quantitative estimate of drug-likeness (QED) is 0.723. The maximum absolute atomic E-state index is 5.83. The van der Waals surface area contributed by atoms with E-state index in [1.165, 1.54) is 9.75 Å². The molecule has 0 saturated carbocycles. The van der Waals surface area contributed by atoms with Gasteiger partial charge in [-0.1, -0.05) is 20.8 Å². The zero-order chi connectivity index (χ0) is 8.43. The number of aryl methyl sites for hydroxylation is 1. The first-order valence-electron chi connectivity index (χ1n) is 4.03. The molecule has 0 bridgehead atoms. The predicted molar refractivity (Wildman–Crippen MR) is 52.2 cm³/mol. The number of thiophene rings is 1. The second kappa shape index (κ2) is 3.26. The molecule has 1 heterocycles. The Kier molecular flexibility index (Phi) is 2.55. The van der Waals surface area contributed by atoms with E-state index in [1.54, 1.807) is 0 Å². The Morgan fingerprint density at radius 3 is 2.45 bits per heavy atom. The molecule has 0 unspecified atom stereocenters. The minimum Gasteiger partial charge on any atom is -0.398 e. The van der Waals surface area contributed by atoms with E-state index in [4.69, 9.17) is 5.73 Å². The molecule has 0 aliphatic heterocycles. The van der Waals surface area contributed by atoms with Crippen molar-refractivity contribution in [1.82, 2.24) is 0 Å². The van der Waals surface area contributed by atoms with Crippen LogP contribution in [-0.4, -0.2) is 0 Å². The lowest BCUT2D eigenvalue weighted by Crippen LogP contribution is -1.89. The molecule has 11 heavy (non-hydrogen) atoms. The fourth-order valence-electron chi connectivity index (χ4n) is 1.10. The molecule has 2 N–H and O–H groups in total. The number of anilines is 1. The smallest absolute Gasteiger partial charge is 0.0460 e. The van der Waals surface area contributed by atoms with Gasteiger partial charge in [-0.25, -0.2) is 0 Å². The van der Waals surface area contributed by atoms with Crippen molar-refractivity contribution in [1.29, 1.82) is 0 Å². The number of rotatable bonds is 2. The van der Waals surface area contributed by atoms with Crippen molar-refractivity contribution in [2.75, 3.05) is 5.73 Å². The van der Waals surface area contributed by atoms with Crippen molar-refractivity contribution in [3.8, 4) is 0 Å². The van der Waals surface area contributed by atoms with Crippen LogP contribution in [0.3, 0.4) is 0 Å². The summed E-state index contributed by atoms with van der Waals surface area (Å²) in [7, 11) is 0. The molecule has 0 saturated heterocycles. The number of hydrogen-bond donors (Lipinski definition) is 1. The average molecular weight is 169 g/mol. The second-order valence-electron chi connectivity index (χ2n) is 3.04. The Morgan fingerprint density at radius 1 is 1.55 bits per heavy atom. The maximum Gasteiger partial charge on any atom is 0.0460 e. The SMILES string of the molecule is CCc1cc(N)c(C(C)C)s1. The number of nitrogen functional groups attached to an aromatic ring is 1. The van der Waals surface area contributed by atoms with Gasteiger partial charge in [0.25, 0.3) is 0 Å². The van der Waals surface area contributed by atoms with Crippen molar-refractivity contribution < 1.29 is 0 Å². The van der Waals surface area contributed by atoms with Gasteiger partial charge in [0.05, 0.1) is 0 Å². The fraction of sp³-hybridized carbons (Fsp3) is 0.556. The molecule has 1 aromatic heterocycles. The van der Waals surface area contributed by atoms with Gasteiger partial charge in [-0.3, -0.25) is 0 Å². The molecular weight excluding hydrogens is 154 g/mol. The van der Waals surface area contributed by atoms with E-state index in [1.807, 2.05) is 11.3 Å². The third-order valence-corrected chi connectivity index (χ3v) is 3.31. The zero-order valence-electron chi connectivity index (χ0n) is 7.35. The predicted octanol–water partition coefficient (Wildman–Crippen LogP) is 3.02. The van der Waals surface area contributed by atoms with Crippen LogP contribution in [0.4, 0.5) is 5.69 Å². The van der Waals surface area contributed by atoms with Crippen LogP contribution in [0, 0.1) is 0 Å². The molecule has 0 aliphatic rings. The van der Waals surface area contributed by atoms with Crippen molar-refractivity contribution in [3.63, 3.8) is 0 Å². The minimum atomic E-state index is 0.570. The highest BCUT2D eigenvalue weighted by molar-refractivity contribution is 7.12. The van der Waals surface area contributed by atoms with Crippen LogP contribution in [0.15, 0.2) is 6.07 Å². The molecule has 0 aliphatic carbocycles. The monoisotopic (exact) mass is 169 g/mol. The molecule has 0 amide bonds. The van der Waals surface area contributed by atoms with Gasteiger partial charge < -0.3 is 5.73 Å². The standard InChI is InChI=1S/C9H15NS/c1-4-7-5-8(10)9(11-7)6(2)3/h5-6H,4,10H2,1-3H3. The lowest BCUT2D eigenvalue weighted by atomic mass is 10.1. The van der Waals surface area contributed by atoms with Gasteiger partial charge in [-0.05, 0) is 18.4 Å². The summed E-state index contributed by atoms with van der Waals surface area (Å²) in [5.41, 5.74) is 6.80. The summed E-state index contributed by atoms with van der Waals surface area (Å²) in [6.07, 6.45) is 1.10. The van der Waals surface area contributed by atoms with Crippen LogP contribution >= 0.6 is 11.3 Å². The van der Waals surface area contributed by atoms with E-state index in [0.29, 0.717) is 5.92 Å². The highest BCUT2D eigenvalue weighted by Gasteiger charge is 2.07. The van der Waals surface area contributed by atoms with E-state index in [9.17, 15) is 0 Å². The Bertz CT molecular complexity index is 238. The van der Waals surface area contributed by atoms with Gasteiger partial charge in [-0.15, -0.1) is 11.3 Å². The zero-order valence-corrected chi connectivity index (χ0v) is 8.16. The van der Waals surface area contributed by atoms with Crippen molar-refractivity contribution >= 4 is 17.0 Å². The van der Waals surface area contributed by atoms with E-state index in [0.717, 1.165) is 12.1 Å². The summed E-state index contributed by atoms with van der Waals surface area (Å²) < 4.78 is 0. The Hall–Kier alpha value is -0.500. The van der Waals surface area contributed by atoms with Gasteiger partial charge >= 0.3 is 0 Å². The molecule has 1 aromatic rings. The average Bonchev–Trinajstić information content (AvgIpc) is 2.30. The first-order valence-corrected chi connectivity index (χ1v) is 4.84. The van der Waals surface area contributed by atoms with Gasteiger partial charge in [0.2, 0.25) is 0 Å². The van der Waals surface area contributed by atoms with Gasteiger partial charge in [0.15, 0.2) is 0 Å². The van der Waals surface area contributed by atoms with Gasteiger partial charge in [0, 0.05) is 15.4 Å². The number of nitrogens with two attached hydrogens (primary N) is 1. The molecular formula is C9H15NS. The first-order chi connectivity index (χ1) is 5.15. The summed E-state index contributed by atoms with van der Waals surface area (Å²) in [6.45, 7) is 6.53. The highest BCUT2D eigenvalue weighted by atomic mass is 32.1. The second-order valence-corrected chi connectivity index (χ2v) is 4.21. The largest absolute Gasteiger partial charge is 0.398 e. The van der Waals surface area contributed by atoms with Crippen LogP contribution in [0.25, 0.3) is 0 Å². The van der Waals surface area contributed by atoms with Crippen LogP contribution in [-0.2, 0) is 6.42 Å². The van der Waals surface area contributed by atoms with Crippen LogP contribution < -0.4 is 5.73 Å². The molecule has 1 rings (SSSR count). The topological polar surface area (TPSA) is 26.0 Å². The van der Waals surface area contributed by atoms with E-state index in [-0.39, 0.29) is 0 Å². The van der Waals surface area contributed by atoms with Crippen LogP contribution in [0.1, 0.15) is 36.4 Å². The lowest BCUT2D eigenvalue weighted by Gasteiger charge is -2.00. The van der Waals surface area contributed by atoms with Crippen molar-refractivity contribution in [3.05, 3.63) is 15.8 Å². The van der Waals surface area contributed by atoms with E-state index in [2.05, 4.69) is 26.8 Å². The third kappa shape index (κ3) is 1.74. The highest BCUT2D eigenvalue weighted by Crippen LogP contribution is 2.31. The molecule has 0 spiro atoms. The summed E-state index contributed by atoms with van der Waals surface area (Å²) in [5, 5.41) is 0. The van der Waals surface area contributed by atoms with Crippen LogP contribution in [0.2, 0.25) is 0 Å². The summed E-state index contributed by atoms with van der Waals surface area (Å²) in [5.74, 6) is 0.570. The van der Waals surface area contributed by atoms with E-state index < -0.39 is 0 Å². The molecule has 62 valence electrons. The molecule has 0 aromatic carbocycles. The molecule has 0 atom stereocenters. The normalized spacial score (nSPS) is 10.9. The van der Waals surface area contributed by atoms with Crippen molar-refractivity contribution in [2.45, 2.75) is 33.1 Å². The summed E-state index contributed by atoms with van der Waals surface area (Å²) in [4.78, 5) is 2.73. The Morgan fingerprint density at radius 2 is 2.18 bits per heavy atom. The van der Waals surface area contributed by atoms with Gasteiger partial charge in [-0.2, -0.15) is 0 Å². The van der Waals surface area contributed by atoms with E-state index >= 15 is 0 Å². The molecule has 0 radical (unpaired) electrons. The fourth-order valence-corrected chi connectivity index (χ4v) is 2.12. The Balaban J connectivity index is 2.97. The minimum absolute atomic E-state index is 0.570. The summed E-state index contributed by atoms with van der Waals surface area (Å²) in [6, 6.07) is 2.10. The maximum atomic E-state index is 5.83. The molecule has 1 nitrogen and oxygen atoms in total. The van der Waals surface area contributed by atoms with Crippen molar-refractivity contribution in [2.24, 2.45) is 0 Å².